The average Bonchev–Trinajstić information content (AvgIpc) is 2.33. The fraction of sp³-hybridized carbons (Fsp3) is 0.222. The Hall–Kier alpha value is -0.830. The second-order valence-electron chi connectivity index (χ2n) is 2.93. The molecule has 2 heterocycles. The summed E-state index contributed by atoms with van der Waals surface area (Å²) in [6.07, 6.45) is 2.02. The van der Waals surface area contributed by atoms with Crippen molar-refractivity contribution in [2.24, 2.45) is 7.05 Å². The van der Waals surface area contributed by atoms with Gasteiger partial charge >= 0.3 is 0 Å². The first-order valence-corrected chi connectivity index (χ1v) is 4.56. The van der Waals surface area contributed by atoms with E-state index in [0.29, 0.717) is 0 Å². The molecule has 0 aromatic carbocycles. The van der Waals surface area contributed by atoms with E-state index in [4.69, 9.17) is 0 Å². The molecule has 0 aliphatic heterocycles. The molecule has 0 N–H and O–H groups in total. The molecule has 2 nitrogen and oxygen atoms in total. The maximum absolute atomic E-state index is 4.38. The number of hydrogen-bond acceptors (Lipinski definition) is 1. The summed E-state index contributed by atoms with van der Waals surface area (Å²) in [6, 6.07) is 4.12. The van der Waals surface area contributed by atoms with E-state index in [1.54, 1.807) is 0 Å². The lowest BCUT2D eigenvalue weighted by atomic mass is 10.2. The quantitative estimate of drug-likeness (QED) is 0.630. The van der Waals surface area contributed by atoms with E-state index in [-0.39, 0.29) is 0 Å². The average molecular weight is 225 g/mol. The zero-order chi connectivity index (χ0) is 8.72. The van der Waals surface area contributed by atoms with E-state index >= 15 is 0 Å². The molecule has 2 aromatic rings. The maximum atomic E-state index is 4.38. The molecule has 12 heavy (non-hydrogen) atoms. The zero-order valence-electron chi connectivity index (χ0n) is 7.00. The van der Waals surface area contributed by atoms with E-state index in [1.165, 1.54) is 10.9 Å². The monoisotopic (exact) mass is 224 g/mol. The van der Waals surface area contributed by atoms with Gasteiger partial charge < -0.3 is 4.57 Å². The molecule has 0 aliphatic rings. The minimum atomic E-state index is 0.898. The summed E-state index contributed by atoms with van der Waals surface area (Å²) >= 11 is 3.38. The highest BCUT2D eigenvalue weighted by Crippen LogP contribution is 2.20. The molecule has 2 rings (SSSR count). The number of halogens is 1. The van der Waals surface area contributed by atoms with Crippen LogP contribution in [0.2, 0.25) is 0 Å². The standard InChI is InChI=1S/C9H9BrN2/c1-6-5-8(10)11-9-7(6)3-4-12(9)2/h3-5H,1-2H3. The van der Waals surface area contributed by atoms with Gasteiger partial charge in [0.05, 0.1) is 0 Å². The van der Waals surface area contributed by atoms with Crippen molar-refractivity contribution in [1.29, 1.82) is 0 Å². The van der Waals surface area contributed by atoms with Crippen molar-refractivity contribution < 1.29 is 0 Å². The summed E-state index contributed by atoms with van der Waals surface area (Å²) in [4.78, 5) is 4.38. The van der Waals surface area contributed by atoms with E-state index in [0.717, 1.165) is 10.3 Å². The molecule has 0 saturated heterocycles. The van der Waals surface area contributed by atoms with Crippen LogP contribution in [0.1, 0.15) is 5.56 Å². The normalized spacial score (nSPS) is 10.9. The number of rotatable bonds is 0. The van der Waals surface area contributed by atoms with Crippen molar-refractivity contribution in [3.63, 3.8) is 0 Å². The summed E-state index contributed by atoms with van der Waals surface area (Å²) < 4.78 is 2.92. The summed E-state index contributed by atoms with van der Waals surface area (Å²) in [5, 5.41) is 1.22. The molecule has 0 aliphatic carbocycles. The molecule has 2 aromatic heterocycles. The summed E-state index contributed by atoms with van der Waals surface area (Å²) in [6.45, 7) is 2.09. The number of aryl methyl sites for hydroxylation is 2. The van der Waals surface area contributed by atoms with Crippen molar-refractivity contribution in [1.82, 2.24) is 9.55 Å². The summed E-state index contributed by atoms with van der Waals surface area (Å²) in [5.74, 6) is 0. The lowest BCUT2D eigenvalue weighted by Crippen LogP contribution is -1.89. The molecular weight excluding hydrogens is 216 g/mol. The lowest BCUT2D eigenvalue weighted by molar-refractivity contribution is 0.945. The smallest absolute Gasteiger partial charge is 0.141 e. The second-order valence-corrected chi connectivity index (χ2v) is 3.74. The SMILES string of the molecule is Cc1cc(Br)nc2c1ccn2C. The van der Waals surface area contributed by atoms with Crippen molar-refractivity contribution >= 4 is 27.0 Å². The molecule has 0 atom stereocenters. The Labute approximate surface area is 79.3 Å². The Morgan fingerprint density at radius 1 is 1.50 bits per heavy atom. The van der Waals surface area contributed by atoms with Crippen LogP contribution in [0.4, 0.5) is 0 Å². The maximum Gasteiger partial charge on any atom is 0.141 e. The lowest BCUT2D eigenvalue weighted by Gasteiger charge is -1.98. The van der Waals surface area contributed by atoms with Gasteiger partial charge in [0.25, 0.3) is 0 Å². The Balaban J connectivity index is 2.92. The van der Waals surface area contributed by atoms with Gasteiger partial charge in [0.2, 0.25) is 0 Å². The minimum Gasteiger partial charge on any atom is -0.336 e. The molecule has 0 unspecified atom stereocenters. The zero-order valence-corrected chi connectivity index (χ0v) is 8.59. The minimum absolute atomic E-state index is 0.898. The van der Waals surface area contributed by atoms with Gasteiger partial charge in [-0.05, 0) is 40.5 Å². The first kappa shape index (κ1) is 7.80. The first-order chi connectivity index (χ1) is 5.68. The van der Waals surface area contributed by atoms with Gasteiger partial charge in [-0.1, -0.05) is 0 Å². The van der Waals surface area contributed by atoms with Crippen LogP contribution >= 0.6 is 15.9 Å². The van der Waals surface area contributed by atoms with Crippen LogP contribution in [0.25, 0.3) is 11.0 Å². The third kappa shape index (κ3) is 1.05. The van der Waals surface area contributed by atoms with Crippen LogP contribution < -0.4 is 0 Å². The number of fused-ring (bicyclic) bond motifs is 1. The van der Waals surface area contributed by atoms with Gasteiger partial charge in [-0.2, -0.15) is 0 Å². The van der Waals surface area contributed by atoms with Crippen LogP contribution in [0.5, 0.6) is 0 Å². The van der Waals surface area contributed by atoms with Crippen molar-refractivity contribution in [2.45, 2.75) is 6.92 Å². The highest BCUT2D eigenvalue weighted by molar-refractivity contribution is 9.10. The predicted octanol–water partition coefficient (Wildman–Crippen LogP) is 2.64. The van der Waals surface area contributed by atoms with E-state index < -0.39 is 0 Å². The van der Waals surface area contributed by atoms with Crippen LogP contribution in [0, 0.1) is 6.92 Å². The number of pyridine rings is 1. The van der Waals surface area contributed by atoms with E-state index in [9.17, 15) is 0 Å². The third-order valence-corrected chi connectivity index (χ3v) is 2.42. The Morgan fingerprint density at radius 3 is 3.00 bits per heavy atom. The topological polar surface area (TPSA) is 17.8 Å². The first-order valence-electron chi connectivity index (χ1n) is 3.76. The Kier molecular flexibility index (Phi) is 1.68. The molecule has 0 spiro atoms. The van der Waals surface area contributed by atoms with E-state index in [1.807, 2.05) is 23.9 Å². The van der Waals surface area contributed by atoms with Crippen molar-refractivity contribution in [3.8, 4) is 0 Å². The molecule has 3 heteroatoms. The number of aromatic nitrogens is 2. The molecule has 0 amide bonds. The van der Waals surface area contributed by atoms with Crippen LogP contribution in [-0.4, -0.2) is 9.55 Å². The number of nitrogens with zero attached hydrogens (tertiary/aromatic N) is 2. The molecular formula is C9H9BrN2. The van der Waals surface area contributed by atoms with Gasteiger partial charge in [0.15, 0.2) is 0 Å². The highest BCUT2D eigenvalue weighted by Gasteiger charge is 2.03. The van der Waals surface area contributed by atoms with Crippen molar-refractivity contribution in [3.05, 3.63) is 28.5 Å². The van der Waals surface area contributed by atoms with Crippen molar-refractivity contribution in [2.75, 3.05) is 0 Å². The summed E-state index contributed by atoms with van der Waals surface area (Å²) in [7, 11) is 2.00. The fourth-order valence-electron chi connectivity index (χ4n) is 1.36. The van der Waals surface area contributed by atoms with Gasteiger partial charge in [-0.25, -0.2) is 4.98 Å². The van der Waals surface area contributed by atoms with Gasteiger partial charge in [0, 0.05) is 18.6 Å². The van der Waals surface area contributed by atoms with Gasteiger partial charge in [-0.15, -0.1) is 0 Å². The van der Waals surface area contributed by atoms with E-state index in [2.05, 4.69) is 33.9 Å². The molecule has 0 bridgehead atoms. The third-order valence-electron chi connectivity index (χ3n) is 2.01. The van der Waals surface area contributed by atoms with Crippen LogP contribution in [-0.2, 0) is 7.05 Å². The molecule has 62 valence electrons. The highest BCUT2D eigenvalue weighted by atomic mass is 79.9. The van der Waals surface area contributed by atoms with Crippen LogP contribution in [0.15, 0.2) is 22.9 Å². The molecule has 0 fully saturated rings. The Bertz CT molecular complexity index is 431. The second kappa shape index (κ2) is 2.59. The largest absolute Gasteiger partial charge is 0.336 e. The molecule has 0 saturated carbocycles. The number of hydrogen-bond donors (Lipinski definition) is 0. The fourth-order valence-corrected chi connectivity index (χ4v) is 1.87. The summed E-state index contributed by atoms with van der Waals surface area (Å²) in [5.41, 5.74) is 2.29. The van der Waals surface area contributed by atoms with Gasteiger partial charge in [0.1, 0.15) is 10.3 Å². The predicted molar refractivity (Wildman–Crippen MR) is 53.2 cm³/mol. The Morgan fingerprint density at radius 2 is 2.25 bits per heavy atom. The molecule has 0 radical (unpaired) electrons. The van der Waals surface area contributed by atoms with Crippen LogP contribution in [0.3, 0.4) is 0 Å². The van der Waals surface area contributed by atoms with Gasteiger partial charge in [-0.3, -0.25) is 0 Å².